The van der Waals surface area contributed by atoms with E-state index in [9.17, 15) is 13.2 Å². The summed E-state index contributed by atoms with van der Waals surface area (Å²) in [6.45, 7) is 2.92. The third kappa shape index (κ3) is 4.63. The number of hydrogen-bond acceptors (Lipinski definition) is 4. The van der Waals surface area contributed by atoms with Crippen LogP contribution in [0.4, 0.5) is 18.9 Å². The molecule has 1 N–H and O–H groups in total. The van der Waals surface area contributed by atoms with Gasteiger partial charge in [0.15, 0.2) is 5.17 Å². The molecule has 1 atom stereocenters. The van der Waals surface area contributed by atoms with Crippen molar-refractivity contribution >= 4 is 22.6 Å². The van der Waals surface area contributed by atoms with E-state index in [0.29, 0.717) is 10.9 Å². The van der Waals surface area contributed by atoms with Crippen molar-refractivity contribution in [3.8, 4) is 5.75 Å². The topological polar surface area (TPSA) is 33.6 Å². The zero-order valence-electron chi connectivity index (χ0n) is 10.9. The number of thioether (sulfide) groups is 1. The molecular formula is C13H15F3N2OS. The summed E-state index contributed by atoms with van der Waals surface area (Å²) in [5, 5.41) is 4.40. The lowest BCUT2D eigenvalue weighted by Crippen LogP contribution is -2.17. The first-order valence-corrected chi connectivity index (χ1v) is 7.18. The van der Waals surface area contributed by atoms with Gasteiger partial charge < -0.3 is 10.1 Å². The number of amidine groups is 1. The summed E-state index contributed by atoms with van der Waals surface area (Å²) in [5.74, 6) is -0.229. The number of alkyl halides is 3. The molecule has 0 aromatic heterocycles. The SMILES string of the molecule is CCCC1CN=C(Nc2ccc(OC(F)(F)F)cc2)S1. The lowest BCUT2D eigenvalue weighted by Gasteiger charge is -2.10. The maximum atomic E-state index is 12.0. The van der Waals surface area contributed by atoms with Gasteiger partial charge in [-0.25, -0.2) is 0 Å². The van der Waals surface area contributed by atoms with Gasteiger partial charge in [0.2, 0.25) is 0 Å². The van der Waals surface area contributed by atoms with Crippen LogP contribution in [0.3, 0.4) is 0 Å². The third-order valence-corrected chi connectivity index (χ3v) is 3.84. The van der Waals surface area contributed by atoms with E-state index in [4.69, 9.17) is 0 Å². The first-order valence-electron chi connectivity index (χ1n) is 6.30. The van der Waals surface area contributed by atoms with Gasteiger partial charge in [-0.1, -0.05) is 25.1 Å². The molecule has 1 heterocycles. The molecule has 3 nitrogen and oxygen atoms in total. The number of nitrogens with one attached hydrogen (secondary N) is 1. The summed E-state index contributed by atoms with van der Waals surface area (Å²) in [7, 11) is 0. The zero-order chi connectivity index (χ0) is 14.6. The maximum absolute atomic E-state index is 12.0. The molecular weight excluding hydrogens is 289 g/mol. The van der Waals surface area contributed by atoms with Crippen molar-refractivity contribution in [3.63, 3.8) is 0 Å². The highest BCUT2D eigenvalue weighted by molar-refractivity contribution is 8.15. The number of rotatable bonds is 4. The second kappa shape index (κ2) is 6.39. The van der Waals surface area contributed by atoms with Crippen LogP contribution < -0.4 is 10.1 Å². The lowest BCUT2D eigenvalue weighted by atomic mass is 10.2. The monoisotopic (exact) mass is 304 g/mol. The summed E-state index contributed by atoms with van der Waals surface area (Å²) in [6.07, 6.45) is -2.44. The normalized spacial score (nSPS) is 18.8. The van der Waals surface area contributed by atoms with Gasteiger partial charge in [0.25, 0.3) is 0 Å². The third-order valence-electron chi connectivity index (χ3n) is 2.67. The number of aliphatic imine (C=N–C) groups is 1. The first kappa shape index (κ1) is 15.0. The molecule has 1 aliphatic rings. The molecule has 1 aliphatic heterocycles. The molecule has 0 spiro atoms. The molecule has 2 rings (SSSR count). The second-order valence-corrected chi connectivity index (χ2v) is 5.66. The Bertz CT molecular complexity index is 473. The molecule has 1 unspecified atom stereocenters. The van der Waals surface area contributed by atoms with Crippen LogP contribution in [0.15, 0.2) is 29.3 Å². The minimum Gasteiger partial charge on any atom is -0.406 e. The van der Waals surface area contributed by atoms with Gasteiger partial charge in [-0.2, -0.15) is 0 Å². The van der Waals surface area contributed by atoms with Crippen molar-refractivity contribution in [2.45, 2.75) is 31.4 Å². The number of anilines is 1. The zero-order valence-corrected chi connectivity index (χ0v) is 11.7. The van der Waals surface area contributed by atoms with Crippen LogP contribution >= 0.6 is 11.8 Å². The van der Waals surface area contributed by atoms with Gasteiger partial charge in [0.1, 0.15) is 5.75 Å². The highest BCUT2D eigenvalue weighted by Crippen LogP contribution is 2.27. The molecule has 1 aromatic carbocycles. The van der Waals surface area contributed by atoms with Crippen molar-refractivity contribution in [2.75, 3.05) is 11.9 Å². The van der Waals surface area contributed by atoms with Gasteiger partial charge in [-0.05, 0) is 30.7 Å². The molecule has 0 fully saturated rings. The smallest absolute Gasteiger partial charge is 0.406 e. The Morgan fingerprint density at radius 3 is 2.65 bits per heavy atom. The quantitative estimate of drug-likeness (QED) is 0.902. The van der Waals surface area contributed by atoms with E-state index in [0.717, 1.165) is 24.6 Å². The van der Waals surface area contributed by atoms with Crippen LogP contribution in [-0.2, 0) is 0 Å². The van der Waals surface area contributed by atoms with E-state index < -0.39 is 6.36 Å². The van der Waals surface area contributed by atoms with Gasteiger partial charge in [0, 0.05) is 10.9 Å². The van der Waals surface area contributed by atoms with E-state index >= 15 is 0 Å². The predicted octanol–water partition coefficient (Wildman–Crippen LogP) is 4.27. The van der Waals surface area contributed by atoms with E-state index in [1.165, 1.54) is 24.3 Å². The fourth-order valence-electron chi connectivity index (χ4n) is 1.82. The average Bonchev–Trinajstić information content (AvgIpc) is 2.78. The summed E-state index contributed by atoms with van der Waals surface area (Å²) in [6, 6.07) is 5.63. The van der Waals surface area contributed by atoms with Crippen LogP contribution in [0.5, 0.6) is 5.75 Å². The largest absolute Gasteiger partial charge is 0.573 e. The van der Waals surface area contributed by atoms with Gasteiger partial charge >= 0.3 is 6.36 Å². The average molecular weight is 304 g/mol. The molecule has 110 valence electrons. The van der Waals surface area contributed by atoms with Crippen LogP contribution in [0.1, 0.15) is 19.8 Å². The minimum atomic E-state index is -4.66. The Balaban J connectivity index is 1.88. The lowest BCUT2D eigenvalue weighted by molar-refractivity contribution is -0.274. The van der Waals surface area contributed by atoms with Crippen molar-refractivity contribution in [1.29, 1.82) is 0 Å². The van der Waals surface area contributed by atoms with Gasteiger partial charge in [-0.15, -0.1) is 13.2 Å². The maximum Gasteiger partial charge on any atom is 0.573 e. The Hall–Kier alpha value is -1.37. The van der Waals surface area contributed by atoms with E-state index in [1.807, 2.05) is 0 Å². The number of halogens is 3. The van der Waals surface area contributed by atoms with Crippen LogP contribution in [0, 0.1) is 0 Å². The Kier molecular flexibility index (Phi) is 4.80. The Morgan fingerprint density at radius 2 is 2.05 bits per heavy atom. The molecule has 7 heteroatoms. The van der Waals surface area contributed by atoms with Gasteiger partial charge in [0.05, 0.1) is 6.54 Å². The van der Waals surface area contributed by atoms with Crippen molar-refractivity contribution in [3.05, 3.63) is 24.3 Å². The summed E-state index contributed by atoms with van der Waals surface area (Å²) >= 11 is 1.67. The van der Waals surface area contributed by atoms with Crippen LogP contribution in [-0.4, -0.2) is 23.3 Å². The predicted molar refractivity (Wildman–Crippen MR) is 75.3 cm³/mol. The number of ether oxygens (including phenoxy) is 1. The summed E-state index contributed by atoms with van der Waals surface area (Å²) in [4.78, 5) is 4.37. The highest BCUT2D eigenvalue weighted by atomic mass is 32.2. The number of hydrogen-bond donors (Lipinski definition) is 1. The summed E-state index contributed by atoms with van der Waals surface area (Å²) < 4.78 is 39.9. The van der Waals surface area contributed by atoms with Gasteiger partial charge in [-0.3, -0.25) is 4.99 Å². The summed E-state index contributed by atoms with van der Waals surface area (Å²) in [5.41, 5.74) is 0.697. The molecule has 0 radical (unpaired) electrons. The Labute approximate surface area is 119 Å². The molecule has 0 bridgehead atoms. The standard InChI is InChI=1S/C13H15F3N2OS/c1-2-3-11-8-17-12(20-11)18-9-4-6-10(7-5-9)19-13(14,15)16/h4-7,11H,2-3,8H2,1H3,(H,17,18). The molecule has 0 saturated carbocycles. The van der Waals surface area contributed by atoms with Crippen molar-refractivity contribution in [1.82, 2.24) is 0 Å². The number of nitrogens with zero attached hydrogens (tertiary/aromatic N) is 1. The molecule has 1 aromatic rings. The number of benzene rings is 1. The fraction of sp³-hybridized carbons (Fsp3) is 0.462. The van der Waals surface area contributed by atoms with E-state index in [-0.39, 0.29) is 5.75 Å². The minimum absolute atomic E-state index is 0.229. The van der Waals surface area contributed by atoms with Crippen molar-refractivity contribution in [2.24, 2.45) is 4.99 Å². The van der Waals surface area contributed by atoms with E-state index in [1.54, 1.807) is 11.8 Å². The fourth-order valence-corrected chi connectivity index (χ4v) is 2.97. The van der Waals surface area contributed by atoms with Crippen molar-refractivity contribution < 1.29 is 17.9 Å². The molecule has 0 amide bonds. The van der Waals surface area contributed by atoms with Crippen LogP contribution in [0.2, 0.25) is 0 Å². The van der Waals surface area contributed by atoms with Crippen LogP contribution in [0.25, 0.3) is 0 Å². The second-order valence-electron chi connectivity index (χ2n) is 4.37. The highest BCUT2D eigenvalue weighted by Gasteiger charge is 2.31. The molecule has 20 heavy (non-hydrogen) atoms. The first-order chi connectivity index (χ1) is 9.46. The molecule has 0 saturated heterocycles. The molecule has 0 aliphatic carbocycles. The Morgan fingerprint density at radius 1 is 1.35 bits per heavy atom. The van der Waals surface area contributed by atoms with E-state index in [2.05, 4.69) is 22.0 Å².